The number of rotatable bonds is 13. The summed E-state index contributed by atoms with van der Waals surface area (Å²) in [5, 5.41) is 0. The van der Waals surface area contributed by atoms with E-state index >= 15 is 0 Å². The first-order chi connectivity index (χ1) is 16.8. The fraction of sp³-hybridized carbons (Fsp3) is 0.615. The zero-order valence-electron chi connectivity index (χ0n) is 22.2. The second-order valence-electron chi connectivity index (χ2n) is 9.38. The molecule has 1 rings (SSSR count). The fourth-order valence-electron chi connectivity index (χ4n) is 2.50. The summed E-state index contributed by atoms with van der Waals surface area (Å²) in [6, 6.07) is 3.56. The van der Waals surface area contributed by atoms with Gasteiger partial charge >= 0.3 is 24.1 Å². The van der Waals surface area contributed by atoms with Crippen LogP contribution in [-0.2, 0) is 35.0 Å². The fourth-order valence-corrected chi connectivity index (χ4v) is 2.50. The molecule has 0 spiro atoms. The van der Waals surface area contributed by atoms with E-state index in [9.17, 15) is 19.2 Å². The van der Waals surface area contributed by atoms with Gasteiger partial charge in [-0.05, 0) is 37.0 Å². The lowest BCUT2D eigenvalue weighted by atomic mass is 10.1. The van der Waals surface area contributed by atoms with Crippen molar-refractivity contribution < 1.29 is 42.9 Å². The number of hydrogen-bond acceptors (Lipinski definition) is 10. The molecule has 0 saturated carbocycles. The molecule has 0 saturated heterocycles. The van der Waals surface area contributed by atoms with Crippen molar-refractivity contribution in [2.45, 2.75) is 73.5 Å². The Labute approximate surface area is 212 Å². The molecular formula is C26H39NO9. The highest BCUT2D eigenvalue weighted by Gasteiger charge is 2.22. The van der Waals surface area contributed by atoms with Gasteiger partial charge in [0.05, 0.1) is 18.4 Å². The molecule has 1 unspecified atom stereocenters. The SMILES string of the molecule is CCC(C)COC(=O)O[C@@H](C)COC(=O)[C@@H](N)Cc1ccc(OC(=O)C(C)C)c(OC(=O)C(C)C)c1. The highest BCUT2D eigenvalue weighted by Crippen LogP contribution is 2.30. The second kappa shape index (κ2) is 15.1. The predicted octanol–water partition coefficient (Wildman–Crippen LogP) is 3.81. The van der Waals surface area contributed by atoms with Crippen molar-refractivity contribution in [3.05, 3.63) is 23.8 Å². The first-order valence-corrected chi connectivity index (χ1v) is 12.2. The number of esters is 3. The van der Waals surface area contributed by atoms with Crippen molar-refractivity contribution in [3.63, 3.8) is 0 Å². The van der Waals surface area contributed by atoms with Crippen LogP contribution in [0.1, 0.15) is 60.5 Å². The average molecular weight is 510 g/mol. The molecule has 0 aromatic heterocycles. The Morgan fingerprint density at radius 1 is 0.806 bits per heavy atom. The Morgan fingerprint density at radius 2 is 1.39 bits per heavy atom. The van der Waals surface area contributed by atoms with Crippen molar-refractivity contribution >= 4 is 24.1 Å². The Balaban J connectivity index is 2.74. The van der Waals surface area contributed by atoms with Crippen LogP contribution in [0.5, 0.6) is 11.5 Å². The molecule has 10 nitrogen and oxygen atoms in total. The maximum Gasteiger partial charge on any atom is 0.508 e. The zero-order valence-corrected chi connectivity index (χ0v) is 22.2. The van der Waals surface area contributed by atoms with Crippen LogP contribution in [0.15, 0.2) is 18.2 Å². The largest absolute Gasteiger partial charge is 0.508 e. The maximum atomic E-state index is 12.4. The van der Waals surface area contributed by atoms with Gasteiger partial charge < -0.3 is 29.4 Å². The van der Waals surface area contributed by atoms with Gasteiger partial charge in [0.25, 0.3) is 0 Å². The molecule has 0 amide bonds. The first kappa shape index (κ1) is 30.9. The van der Waals surface area contributed by atoms with Gasteiger partial charge in [-0.15, -0.1) is 0 Å². The maximum absolute atomic E-state index is 12.4. The summed E-state index contributed by atoms with van der Waals surface area (Å²) >= 11 is 0. The van der Waals surface area contributed by atoms with Crippen molar-refractivity contribution in [2.24, 2.45) is 23.5 Å². The van der Waals surface area contributed by atoms with Crippen LogP contribution >= 0.6 is 0 Å². The highest BCUT2D eigenvalue weighted by molar-refractivity contribution is 5.78. The molecule has 0 aliphatic rings. The number of ether oxygens (including phenoxy) is 5. The summed E-state index contributed by atoms with van der Waals surface area (Å²) in [4.78, 5) is 48.2. The van der Waals surface area contributed by atoms with Gasteiger partial charge in [0.1, 0.15) is 18.8 Å². The lowest BCUT2D eigenvalue weighted by Gasteiger charge is -2.17. The van der Waals surface area contributed by atoms with Crippen molar-refractivity contribution in [1.82, 2.24) is 0 Å². The molecule has 36 heavy (non-hydrogen) atoms. The lowest BCUT2D eigenvalue weighted by molar-refractivity contribution is -0.148. The van der Waals surface area contributed by atoms with Crippen LogP contribution in [0.25, 0.3) is 0 Å². The number of hydrogen-bond donors (Lipinski definition) is 1. The molecule has 3 atom stereocenters. The van der Waals surface area contributed by atoms with Gasteiger partial charge in [-0.3, -0.25) is 14.4 Å². The number of carbonyl (C=O) groups is 4. The summed E-state index contributed by atoms with van der Waals surface area (Å²) in [6.45, 7) is 12.3. The van der Waals surface area contributed by atoms with E-state index < -0.39 is 42.1 Å². The third-order valence-electron chi connectivity index (χ3n) is 5.07. The van der Waals surface area contributed by atoms with Gasteiger partial charge in [-0.25, -0.2) is 4.79 Å². The Morgan fingerprint density at radius 3 is 1.94 bits per heavy atom. The van der Waals surface area contributed by atoms with Crippen molar-refractivity contribution in [3.8, 4) is 11.5 Å². The van der Waals surface area contributed by atoms with E-state index in [0.717, 1.165) is 6.42 Å². The Hall–Kier alpha value is -3.14. The molecule has 202 valence electrons. The molecule has 10 heteroatoms. The van der Waals surface area contributed by atoms with E-state index in [4.69, 9.17) is 29.4 Å². The van der Waals surface area contributed by atoms with E-state index in [1.807, 2.05) is 13.8 Å². The lowest BCUT2D eigenvalue weighted by Crippen LogP contribution is -2.36. The second-order valence-corrected chi connectivity index (χ2v) is 9.38. The molecule has 0 heterocycles. The van der Waals surface area contributed by atoms with E-state index in [2.05, 4.69) is 0 Å². The monoisotopic (exact) mass is 509 g/mol. The van der Waals surface area contributed by atoms with E-state index in [0.29, 0.717) is 5.56 Å². The van der Waals surface area contributed by atoms with Crippen molar-refractivity contribution in [2.75, 3.05) is 13.2 Å². The molecule has 2 N–H and O–H groups in total. The number of nitrogens with two attached hydrogens (primary N) is 1. The summed E-state index contributed by atoms with van der Waals surface area (Å²) in [6.07, 6.45) is -0.617. The summed E-state index contributed by atoms with van der Waals surface area (Å²) < 4.78 is 26.0. The molecule has 1 aromatic carbocycles. The molecule has 1 aromatic rings. The Bertz CT molecular complexity index is 897. The highest BCUT2D eigenvalue weighted by atomic mass is 16.7. The summed E-state index contributed by atoms with van der Waals surface area (Å²) in [5.41, 5.74) is 6.55. The van der Waals surface area contributed by atoms with Gasteiger partial charge in [0, 0.05) is 0 Å². The van der Waals surface area contributed by atoms with Crippen LogP contribution < -0.4 is 15.2 Å². The normalized spacial score (nSPS) is 13.5. The minimum absolute atomic E-state index is 0.0543. The van der Waals surface area contributed by atoms with Gasteiger partial charge in [-0.2, -0.15) is 0 Å². The Kier molecular flexibility index (Phi) is 12.9. The quantitative estimate of drug-likeness (QED) is 0.308. The minimum Gasteiger partial charge on any atom is -0.461 e. The van der Waals surface area contributed by atoms with Crippen LogP contribution in [-0.4, -0.2) is 49.4 Å². The summed E-state index contributed by atoms with van der Waals surface area (Å²) in [5.74, 6) is -2.11. The molecular weight excluding hydrogens is 470 g/mol. The molecule has 0 fully saturated rings. The van der Waals surface area contributed by atoms with Crippen LogP contribution in [0.4, 0.5) is 4.79 Å². The van der Waals surface area contributed by atoms with Gasteiger partial charge in [0.2, 0.25) is 0 Å². The minimum atomic E-state index is -1.03. The van der Waals surface area contributed by atoms with Crippen LogP contribution in [0, 0.1) is 17.8 Å². The van der Waals surface area contributed by atoms with E-state index in [1.165, 1.54) is 12.1 Å². The smallest absolute Gasteiger partial charge is 0.461 e. The van der Waals surface area contributed by atoms with Crippen LogP contribution in [0.3, 0.4) is 0 Å². The van der Waals surface area contributed by atoms with E-state index in [-0.39, 0.29) is 43.0 Å². The summed E-state index contributed by atoms with van der Waals surface area (Å²) in [7, 11) is 0. The topological polar surface area (TPSA) is 140 Å². The molecule has 0 aliphatic carbocycles. The first-order valence-electron chi connectivity index (χ1n) is 12.2. The predicted molar refractivity (Wildman–Crippen MR) is 131 cm³/mol. The third-order valence-corrected chi connectivity index (χ3v) is 5.07. The van der Waals surface area contributed by atoms with Gasteiger partial charge in [0.15, 0.2) is 11.5 Å². The average Bonchev–Trinajstić information content (AvgIpc) is 2.82. The number of carbonyl (C=O) groups excluding carboxylic acids is 4. The molecule has 0 aliphatic heterocycles. The van der Waals surface area contributed by atoms with Crippen molar-refractivity contribution in [1.29, 1.82) is 0 Å². The number of benzene rings is 1. The zero-order chi connectivity index (χ0) is 27.4. The van der Waals surface area contributed by atoms with Crippen LogP contribution in [0.2, 0.25) is 0 Å². The standard InChI is InChI=1S/C26H39NO9/c1-8-17(6)13-33-26(31)34-18(7)14-32-25(30)20(27)11-19-9-10-21(35-23(28)15(2)3)22(12-19)36-24(29)16(4)5/h9-10,12,15-18,20H,8,11,13-14,27H2,1-7H3/t17?,18-,20-/m0/s1. The van der Waals surface area contributed by atoms with E-state index in [1.54, 1.807) is 40.7 Å². The molecule has 0 bridgehead atoms. The molecule has 0 radical (unpaired) electrons. The third kappa shape index (κ3) is 11.1. The van der Waals surface area contributed by atoms with Gasteiger partial charge in [-0.1, -0.05) is 54.0 Å².